The molecule has 7 heteroatoms. The average molecular weight is 448 g/mol. The van der Waals surface area contributed by atoms with Crippen molar-refractivity contribution >= 4 is 5.96 Å². The normalized spacial score (nSPS) is 20.4. The lowest BCUT2D eigenvalue weighted by Crippen LogP contribution is -2.47. The molecule has 2 saturated heterocycles. The van der Waals surface area contributed by atoms with Crippen molar-refractivity contribution in [2.75, 3.05) is 53.1 Å². The molecule has 2 fully saturated rings. The third-order valence-corrected chi connectivity index (χ3v) is 6.00. The molecule has 1 unspecified atom stereocenters. The van der Waals surface area contributed by atoms with Crippen LogP contribution in [-0.2, 0) is 20.8 Å². The minimum Gasteiger partial charge on any atom is -0.497 e. The van der Waals surface area contributed by atoms with Gasteiger partial charge in [0.2, 0.25) is 0 Å². The van der Waals surface area contributed by atoms with E-state index in [2.05, 4.69) is 17.1 Å². The highest BCUT2D eigenvalue weighted by atomic mass is 16.5. The van der Waals surface area contributed by atoms with Gasteiger partial charge in [-0.25, -0.2) is 0 Å². The third-order valence-electron chi connectivity index (χ3n) is 6.00. The van der Waals surface area contributed by atoms with Crippen molar-refractivity contribution in [3.05, 3.63) is 29.8 Å². The lowest BCUT2D eigenvalue weighted by atomic mass is 10.1. The average Bonchev–Trinajstić information content (AvgIpc) is 2.85. The van der Waals surface area contributed by atoms with Crippen molar-refractivity contribution in [1.29, 1.82) is 0 Å². The van der Waals surface area contributed by atoms with Crippen LogP contribution in [0.1, 0.15) is 51.0 Å². The van der Waals surface area contributed by atoms with Gasteiger partial charge in [-0.05, 0) is 63.1 Å². The molecule has 2 aliphatic rings. The van der Waals surface area contributed by atoms with Crippen LogP contribution in [0.4, 0.5) is 0 Å². The fraction of sp³-hybridized carbons (Fsp3) is 0.720. The maximum absolute atomic E-state index is 6.15. The van der Waals surface area contributed by atoms with Gasteiger partial charge in [-0.15, -0.1) is 0 Å². The summed E-state index contributed by atoms with van der Waals surface area (Å²) in [5.74, 6) is 1.88. The largest absolute Gasteiger partial charge is 0.497 e. The summed E-state index contributed by atoms with van der Waals surface area (Å²) in [6.45, 7) is 8.68. The smallest absolute Gasteiger partial charge is 0.193 e. The first kappa shape index (κ1) is 24.8. The summed E-state index contributed by atoms with van der Waals surface area (Å²) < 4.78 is 22.9. The van der Waals surface area contributed by atoms with Gasteiger partial charge in [0, 0.05) is 39.4 Å². The Bertz CT molecular complexity index is 654. The quantitative estimate of drug-likeness (QED) is 0.318. The minimum atomic E-state index is 0.299. The Labute approximate surface area is 193 Å². The van der Waals surface area contributed by atoms with Gasteiger partial charge in [-0.2, -0.15) is 0 Å². The summed E-state index contributed by atoms with van der Waals surface area (Å²) in [6, 6.07) is 8.00. The number of hydrogen-bond acceptors (Lipinski definition) is 5. The maximum atomic E-state index is 6.15. The molecule has 0 spiro atoms. The molecule has 0 aliphatic carbocycles. The molecule has 0 amide bonds. The number of hydrogen-bond donors (Lipinski definition) is 1. The number of guanidine groups is 1. The van der Waals surface area contributed by atoms with Crippen molar-refractivity contribution in [1.82, 2.24) is 10.2 Å². The van der Waals surface area contributed by atoms with E-state index < -0.39 is 0 Å². The number of aliphatic imine (C=N–C) groups is 1. The summed E-state index contributed by atoms with van der Waals surface area (Å²) >= 11 is 0. The van der Waals surface area contributed by atoms with Crippen LogP contribution in [0, 0.1) is 0 Å². The molecule has 0 aromatic heterocycles. The molecule has 2 heterocycles. The Kier molecular flexibility index (Phi) is 11.1. The van der Waals surface area contributed by atoms with E-state index in [1.807, 2.05) is 24.3 Å². The Balaban J connectivity index is 1.31. The molecule has 0 bridgehead atoms. The lowest BCUT2D eigenvalue weighted by molar-refractivity contribution is -0.0721. The maximum Gasteiger partial charge on any atom is 0.193 e. The Morgan fingerprint density at radius 1 is 1.16 bits per heavy atom. The second-order valence-corrected chi connectivity index (χ2v) is 8.50. The number of piperidine rings is 1. The minimum absolute atomic E-state index is 0.299. The summed E-state index contributed by atoms with van der Waals surface area (Å²) in [6.07, 6.45) is 7.23. The van der Waals surface area contributed by atoms with Gasteiger partial charge in [0.15, 0.2) is 5.96 Å². The first-order valence-electron chi connectivity index (χ1n) is 12.3. The van der Waals surface area contributed by atoms with E-state index in [1.165, 1.54) is 12.8 Å². The zero-order valence-electron chi connectivity index (χ0n) is 19.9. The highest BCUT2D eigenvalue weighted by molar-refractivity contribution is 5.80. The van der Waals surface area contributed by atoms with Crippen LogP contribution in [0.3, 0.4) is 0 Å². The standard InChI is InChI=1S/C25H41N3O4/c1-3-26-25(27-14-6-17-30-19-21-8-10-22(29-2)11-9-21)28-15-12-23(13-16-28)32-20-24-7-4-5-18-31-24/h8-11,23-24H,3-7,12-20H2,1-2H3,(H,26,27). The van der Waals surface area contributed by atoms with Gasteiger partial charge in [-0.1, -0.05) is 12.1 Å². The van der Waals surface area contributed by atoms with Crippen LogP contribution in [0.25, 0.3) is 0 Å². The van der Waals surface area contributed by atoms with Crippen LogP contribution in [0.2, 0.25) is 0 Å². The molecular formula is C25H41N3O4. The molecule has 2 aliphatic heterocycles. The highest BCUT2D eigenvalue weighted by Crippen LogP contribution is 2.18. The lowest BCUT2D eigenvalue weighted by Gasteiger charge is -2.35. The molecule has 1 atom stereocenters. The molecule has 0 radical (unpaired) electrons. The van der Waals surface area contributed by atoms with Gasteiger partial charge in [0.05, 0.1) is 32.5 Å². The number of benzene rings is 1. The summed E-state index contributed by atoms with van der Waals surface area (Å²) in [4.78, 5) is 7.18. The number of nitrogens with zero attached hydrogens (tertiary/aromatic N) is 2. The fourth-order valence-corrected chi connectivity index (χ4v) is 4.11. The monoisotopic (exact) mass is 447 g/mol. The highest BCUT2D eigenvalue weighted by Gasteiger charge is 2.23. The number of likely N-dealkylation sites (tertiary alicyclic amines) is 1. The van der Waals surface area contributed by atoms with Crippen LogP contribution >= 0.6 is 0 Å². The fourth-order valence-electron chi connectivity index (χ4n) is 4.11. The first-order valence-corrected chi connectivity index (χ1v) is 12.3. The molecule has 1 N–H and O–H groups in total. The van der Waals surface area contributed by atoms with E-state index in [0.717, 1.165) is 82.3 Å². The van der Waals surface area contributed by atoms with Crippen LogP contribution in [0.15, 0.2) is 29.3 Å². The molecule has 1 aromatic rings. The van der Waals surface area contributed by atoms with E-state index in [4.69, 9.17) is 23.9 Å². The van der Waals surface area contributed by atoms with Gasteiger partial charge >= 0.3 is 0 Å². The predicted octanol–water partition coefficient (Wildman–Crippen LogP) is 3.62. The van der Waals surface area contributed by atoms with Crippen LogP contribution in [-0.4, -0.2) is 76.2 Å². The van der Waals surface area contributed by atoms with Crippen LogP contribution in [0.5, 0.6) is 5.75 Å². The first-order chi connectivity index (χ1) is 15.8. The number of nitrogens with one attached hydrogen (secondary N) is 1. The molecule has 7 nitrogen and oxygen atoms in total. The second kappa shape index (κ2) is 14.3. The van der Waals surface area contributed by atoms with Crippen molar-refractivity contribution in [3.8, 4) is 5.75 Å². The zero-order valence-corrected chi connectivity index (χ0v) is 19.9. The van der Waals surface area contributed by atoms with Crippen molar-refractivity contribution < 1.29 is 18.9 Å². The van der Waals surface area contributed by atoms with E-state index in [9.17, 15) is 0 Å². The zero-order chi connectivity index (χ0) is 22.4. The third kappa shape index (κ3) is 8.60. The van der Waals surface area contributed by atoms with Crippen molar-refractivity contribution in [2.24, 2.45) is 4.99 Å². The number of methoxy groups -OCH3 is 1. The Hall–Kier alpha value is -1.83. The van der Waals surface area contributed by atoms with Gasteiger partial charge < -0.3 is 29.2 Å². The van der Waals surface area contributed by atoms with Crippen molar-refractivity contribution in [3.63, 3.8) is 0 Å². The molecule has 32 heavy (non-hydrogen) atoms. The van der Waals surface area contributed by atoms with Gasteiger partial charge in [0.25, 0.3) is 0 Å². The van der Waals surface area contributed by atoms with Crippen molar-refractivity contribution in [2.45, 2.75) is 64.3 Å². The van der Waals surface area contributed by atoms with E-state index >= 15 is 0 Å². The number of ether oxygens (including phenoxy) is 4. The Morgan fingerprint density at radius 3 is 2.66 bits per heavy atom. The predicted molar refractivity (Wildman–Crippen MR) is 127 cm³/mol. The van der Waals surface area contributed by atoms with E-state index in [1.54, 1.807) is 7.11 Å². The van der Waals surface area contributed by atoms with Crippen LogP contribution < -0.4 is 10.1 Å². The van der Waals surface area contributed by atoms with E-state index in [0.29, 0.717) is 25.4 Å². The molecular weight excluding hydrogens is 406 g/mol. The molecule has 180 valence electrons. The molecule has 3 rings (SSSR count). The molecule has 1 aromatic carbocycles. The summed E-state index contributed by atoms with van der Waals surface area (Å²) in [7, 11) is 1.68. The summed E-state index contributed by atoms with van der Waals surface area (Å²) in [5.41, 5.74) is 1.16. The topological polar surface area (TPSA) is 64.6 Å². The SMILES string of the molecule is CCNC(=NCCCOCc1ccc(OC)cc1)N1CCC(OCC2CCCCO2)CC1. The van der Waals surface area contributed by atoms with Gasteiger partial charge in [0.1, 0.15) is 5.75 Å². The molecule has 0 saturated carbocycles. The second-order valence-electron chi connectivity index (χ2n) is 8.50. The summed E-state index contributed by atoms with van der Waals surface area (Å²) in [5, 5.41) is 3.44. The van der Waals surface area contributed by atoms with E-state index in [-0.39, 0.29) is 0 Å². The Morgan fingerprint density at radius 2 is 1.97 bits per heavy atom. The number of rotatable bonds is 11. The van der Waals surface area contributed by atoms with Gasteiger partial charge in [-0.3, -0.25) is 4.99 Å².